The zero-order chi connectivity index (χ0) is 10.6. The fraction of sp³-hybridized carbons (Fsp3) is 0.600. The van der Waals surface area contributed by atoms with Crippen molar-refractivity contribution in [2.75, 3.05) is 12.8 Å². The summed E-state index contributed by atoms with van der Waals surface area (Å²) in [4.78, 5) is 15.6. The van der Waals surface area contributed by atoms with Crippen molar-refractivity contribution in [2.24, 2.45) is 4.99 Å². The normalized spacial score (nSPS) is 19.0. The van der Waals surface area contributed by atoms with E-state index in [0.29, 0.717) is 23.5 Å². The summed E-state index contributed by atoms with van der Waals surface area (Å²) in [5, 5.41) is 10.3. The smallest absolute Gasteiger partial charge is 0.168 e. The number of Topliss-reactive ketones (excluding diaryl/α,β-unsaturated/α-hetero) is 1. The van der Waals surface area contributed by atoms with Gasteiger partial charge in [0.05, 0.1) is 5.57 Å². The number of aliphatic imine (C=N–C) groups is 1. The molecule has 78 valence electrons. The van der Waals surface area contributed by atoms with Crippen molar-refractivity contribution >= 4 is 22.6 Å². The second-order valence-electron chi connectivity index (χ2n) is 3.06. The van der Waals surface area contributed by atoms with Crippen LogP contribution in [-0.2, 0) is 4.79 Å². The van der Waals surface area contributed by atoms with Crippen LogP contribution in [0.3, 0.4) is 0 Å². The molecule has 0 saturated carbocycles. The van der Waals surface area contributed by atoms with Crippen molar-refractivity contribution in [3.63, 3.8) is 0 Å². The molecule has 0 radical (unpaired) electrons. The number of thioether (sulfide) groups is 1. The molecule has 4 heteroatoms. The van der Waals surface area contributed by atoms with Crippen LogP contribution in [0.4, 0.5) is 0 Å². The molecule has 3 nitrogen and oxygen atoms in total. The van der Waals surface area contributed by atoms with E-state index in [0.717, 1.165) is 12.2 Å². The lowest BCUT2D eigenvalue weighted by Gasteiger charge is -2.15. The van der Waals surface area contributed by atoms with Crippen LogP contribution in [0, 0.1) is 0 Å². The maximum Gasteiger partial charge on any atom is 0.168 e. The van der Waals surface area contributed by atoms with E-state index >= 15 is 0 Å². The number of rotatable bonds is 2. The predicted octanol–water partition coefficient (Wildman–Crippen LogP) is 2.33. The van der Waals surface area contributed by atoms with Crippen molar-refractivity contribution < 1.29 is 9.90 Å². The average molecular weight is 213 g/mol. The monoisotopic (exact) mass is 213 g/mol. The molecule has 0 heterocycles. The van der Waals surface area contributed by atoms with Crippen LogP contribution in [-0.4, -0.2) is 28.7 Å². The van der Waals surface area contributed by atoms with Gasteiger partial charge in [-0.3, -0.25) is 9.79 Å². The number of aliphatic hydroxyl groups is 1. The third kappa shape index (κ3) is 2.38. The number of nitrogens with zero attached hydrogens (tertiary/aromatic N) is 1. The van der Waals surface area contributed by atoms with Crippen molar-refractivity contribution in [3.05, 3.63) is 11.3 Å². The summed E-state index contributed by atoms with van der Waals surface area (Å²) in [6.07, 6.45) is 1.88. The quantitative estimate of drug-likeness (QED) is 0.565. The van der Waals surface area contributed by atoms with Crippen LogP contribution in [0.2, 0.25) is 0 Å². The average Bonchev–Trinajstić information content (AvgIpc) is 2.16. The van der Waals surface area contributed by atoms with Crippen LogP contribution < -0.4 is 0 Å². The molecular formula is C10H15NO2S. The summed E-state index contributed by atoms with van der Waals surface area (Å²) >= 11 is 1.50. The molecule has 0 aromatic heterocycles. The van der Waals surface area contributed by atoms with E-state index in [1.54, 1.807) is 7.05 Å². The number of hydrogen-bond acceptors (Lipinski definition) is 4. The highest BCUT2D eigenvalue weighted by molar-refractivity contribution is 8.14. The Balaban J connectivity index is 2.97. The largest absolute Gasteiger partial charge is 0.511 e. The Morgan fingerprint density at radius 1 is 1.57 bits per heavy atom. The molecule has 0 bridgehead atoms. The first-order valence-electron chi connectivity index (χ1n) is 4.76. The molecular weight excluding hydrogens is 198 g/mol. The molecule has 0 aromatic rings. The Morgan fingerprint density at radius 2 is 2.29 bits per heavy atom. The number of carbonyl (C=O) groups excluding carboxylic acids is 1. The van der Waals surface area contributed by atoms with Gasteiger partial charge in [0.1, 0.15) is 10.8 Å². The number of aliphatic hydroxyl groups excluding tert-OH is 1. The summed E-state index contributed by atoms with van der Waals surface area (Å²) in [6.45, 7) is 2.00. The van der Waals surface area contributed by atoms with E-state index in [1.165, 1.54) is 11.8 Å². The van der Waals surface area contributed by atoms with Gasteiger partial charge in [0.15, 0.2) is 5.78 Å². The van der Waals surface area contributed by atoms with Crippen molar-refractivity contribution in [1.29, 1.82) is 0 Å². The SMILES string of the molecule is CCSC(=NC)C1=C(O)CCCC1=O. The van der Waals surface area contributed by atoms with Crippen molar-refractivity contribution in [3.8, 4) is 0 Å². The predicted molar refractivity (Wildman–Crippen MR) is 60.0 cm³/mol. The van der Waals surface area contributed by atoms with E-state index in [1.807, 2.05) is 6.92 Å². The number of hydrogen-bond donors (Lipinski definition) is 1. The molecule has 1 N–H and O–H groups in total. The lowest BCUT2D eigenvalue weighted by molar-refractivity contribution is -0.115. The zero-order valence-electron chi connectivity index (χ0n) is 8.54. The highest BCUT2D eigenvalue weighted by Crippen LogP contribution is 2.25. The summed E-state index contributed by atoms with van der Waals surface area (Å²) in [5.41, 5.74) is 0.450. The van der Waals surface area contributed by atoms with Gasteiger partial charge in [-0.2, -0.15) is 0 Å². The maximum atomic E-state index is 11.6. The van der Waals surface area contributed by atoms with Gasteiger partial charge in [-0.25, -0.2) is 0 Å². The van der Waals surface area contributed by atoms with Crippen LogP contribution >= 0.6 is 11.8 Å². The second-order valence-corrected chi connectivity index (χ2v) is 4.31. The van der Waals surface area contributed by atoms with Crippen LogP contribution in [0.5, 0.6) is 0 Å². The van der Waals surface area contributed by atoms with E-state index in [-0.39, 0.29) is 11.5 Å². The minimum absolute atomic E-state index is 0.0234. The minimum Gasteiger partial charge on any atom is -0.511 e. The third-order valence-corrected chi connectivity index (χ3v) is 3.03. The number of carbonyl (C=O) groups is 1. The Labute approximate surface area is 88.3 Å². The van der Waals surface area contributed by atoms with Gasteiger partial charge in [0.2, 0.25) is 0 Å². The first-order chi connectivity index (χ1) is 6.70. The minimum atomic E-state index is 0.0234. The van der Waals surface area contributed by atoms with Gasteiger partial charge < -0.3 is 5.11 Å². The highest BCUT2D eigenvalue weighted by Gasteiger charge is 2.24. The summed E-state index contributed by atoms with van der Waals surface area (Å²) < 4.78 is 0. The zero-order valence-corrected chi connectivity index (χ0v) is 9.36. The highest BCUT2D eigenvalue weighted by atomic mass is 32.2. The Bertz CT molecular complexity index is 294. The first kappa shape index (κ1) is 11.3. The van der Waals surface area contributed by atoms with E-state index < -0.39 is 0 Å². The topological polar surface area (TPSA) is 49.7 Å². The number of allylic oxidation sites excluding steroid dienone is 1. The van der Waals surface area contributed by atoms with Gasteiger partial charge in [0, 0.05) is 19.9 Å². The molecule has 1 rings (SSSR count). The van der Waals surface area contributed by atoms with Crippen molar-refractivity contribution in [2.45, 2.75) is 26.2 Å². The summed E-state index contributed by atoms with van der Waals surface area (Å²) in [7, 11) is 1.65. The summed E-state index contributed by atoms with van der Waals surface area (Å²) in [5.74, 6) is 1.09. The van der Waals surface area contributed by atoms with Crippen LogP contribution in [0.1, 0.15) is 26.2 Å². The lowest BCUT2D eigenvalue weighted by atomic mass is 9.97. The first-order valence-corrected chi connectivity index (χ1v) is 5.74. The third-order valence-electron chi connectivity index (χ3n) is 2.08. The molecule has 14 heavy (non-hydrogen) atoms. The van der Waals surface area contributed by atoms with Crippen molar-refractivity contribution in [1.82, 2.24) is 0 Å². The van der Waals surface area contributed by atoms with Crippen LogP contribution in [0.25, 0.3) is 0 Å². The van der Waals surface area contributed by atoms with E-state index in [4.69, 9.17) is 0 Å². The molecule has 0 aliphatic heterocycles. The molecule has 0 spiro atoms. The summed E-state index contributed by atoms with van der Waals surface area (Å²) in [6, 6.07) is 0. The molecule has 0 fully saturated rings. The lowest BCUT2D eigenvalue weighted by Crippen LogP contribution is -2.17. The molecule has 0 saturated heterocycles. The molecule has 1 aliphatic rings. The second kappa shape index (κ2) is 5.20. The fourth-order valence-corrected chi connectivity index (χ4v) is 2.23. The fourth-order valence-electron chi connectivity index (χ4n) is 1.46. The van der Waals surface area contributed by atoms with Gasteiger partial charge in [-0.15, -0.1) is 11.8 Å². The van der Waals surface area contributed by atoms with Crippen LogP contribution in [0.15, 0.2) is 16.3 Å². The van der Waals surface area contributed by atoms with E-state index in [2.05, 4.69) is 4.99 Å². The van der Waals surface area contributed by atoms with E-state index in [9.17, 15) is 9.90 Å². The number of ketones is 1. The van der Waals surface area contributed by atoms with Gasteiger partial charge in [0.25, 0.3) is 0 Å². The Morgan fingerprint density at radius 3 is 2.79 bits per heavy atom. The molecule has 0 atom stereocenters. The molecule has 1 aliphatic carbocycles. The van der Waals surface area contributed by atoms with Gasteiger partial charge in [-0.1, -0.05) is 6.92 Å². The Kier molecular flexibility index (Phi) is 4.20. The standard InChI is InChI=1S/C10H15NO2S/c1-3-14-10(11-2)9-7(12)5-4-6-8(9)13/h12H,3-6H2,1-2H3. The van der Waals surface area contributed by atoms with Gasteiger partial charge in [-0.05, 0) is 12.2 Å². The molecule has 0 amide bonds. The van der Waals surface area contributed by atoms with Gasteiger partial charge >= 0.3 is 0 Å². The maximum absolute atomic E-state index is 11.6. The Hall–Kier alpha value is -0.770. The molecule has 0 unspecified atom stereocenters. The molecule has 0 aromatic carbocycles.